The fourth-order valence-electron chi connectivity index (χ4n) is 1.90. The standard InChI is InChI=1S/C15H23N3O3/c1-5-21-14(20)17-11(2)10-13(19)18-15(3,4)12-8-6-7-9-16-12/h6-9,11H,5,10H2,1-4H3,(H,17,20)(H,18,19)/t11-/m1/s1. The molecule has 6 nitrogen and oxygen atoms in total. The van der Waals surface area contributed by atoms with E-state index < -0.39 is 11.6 Å². The maximum atomic E-state index is 12.1. The summed E-state index contributed by atoms with van der Waals surface area (Å²) in [6.07, 6.45) is 1.35. The maximum Gasteiger partial charge on any atom is 0.407 e. The second-order valence-corrected chi connectivity index (χ2v) is 5.36. The van der Waals surface area contributed by atoms with Crippen LogP contribution in [0.25, 0.3) is 0 Å². The van der Waals surface area contributed by atoms with Crippen LogP contribution in [0.4, 0.5) is 4.79 Å². The van der Waals surface area contributed by atoms with E-state index in [1.54, 1.807) is 20.0 Å². The Morgan fingerprint density at radius 1 is 1.38 bits per heavy atom. The second kappa shape index (κ2) is 7.61. The van der Waals surface area contributed by atoms with Crippen molar-refractivity contribution in [3.05, 3.63) is 30.1 Å². The summed E-state index contributed by atoms with van der Waals surface area (Å²) in [5.74, 6) is -0.157. The molecule has 0 unspecified atom stereocenters. The van der Waals surface area contributed by atoms with E-state index in [0.29, 0.717) is 6.61 Å². The molecule has 0 aliphatic carbocycles. The zero-order valence-electron chi connectivity index (χ0n) is 13.0. The first kappa shape index (κ1) is 16.9. The first-order valence-corrected chi connectivity index (χ1v) is 7.01. The molecular formula is C15H23N3O3. The molecule has 1 aromatic heterocycles. The molecular weight excluding hydrogens is 270 g/mol. The van der Waals surface area contributed by atoms with Crippen molar-refractivity contribution in [2.24, 2.45) is 0 Å². The van der Waals surface area contributed by atoms with Crippen LogP contribution < -0.4 is 10.6 Å². The first-order valence-electron chi connectivity index (χ1n) is 7.01. The highest BCUT2D eigenvalue weighted by Gasteiger charge is 2.25. The fourth-order valence-corrected chi connectivity index (χ4v) is 1.90. The van der Waals surface area contributed by atoms with Crippen LogP contribution in [0.15, 0.2) is 24.4 Å². The molecule has 0 spiro atoms. The van der Waals surface area contributed by atoms with E-state index in [1.165, 1.54) is 0 Å². The normalized spacial score (nSPS) is 12.4. The molecule has 2 amide bonds. The van der Waals surface area contributed by atoms with Crippen molar-refractivity contribution in [3.63, 3.8) is 0 Å². The van der Waals surface area contributed by atoms with Gasteiger partial charge in [0.15, 0.2) is 0 Å². The van der Waals surface area contributed by atoms with Gasteiger partial charge < -0.3 is 15.4 Å². The van der Waals surface area contributed by atoms with Crippen LogP contribution in [-0.4, -0.2) is 29.6 Å². The van der Waals surface area contributed by atoms with Crippen LogP contribution in [0.2, 0.25) is 0 Å². The first-order chi connectivity index (χ1) is 9.85. The van der Waals surface area contributed by atoms with Crippen LogP contribution >= 0.6 is 0 Å². The van der Waals surface area contributed by atoms with Gasteiger partial charge in [-0.3, -0.25) is 9.78 Å². The minimum atomic E-state index is -0.567. The van der Waals surface area contributed by atoms with Gasteiger partial charge in [-0.05, 0) is 39.8 Å². The highest BCUT2D eigenvalue weighted by molar-refractivity contribution is 5.78. The Labute approximate surface area is 125 Å². The maximum absolute atomic E-state index is 12.1. The number of rotatable bonds is 6. The van der Waals surface area contributed by atoms with Gasteiger partial charge in [0.25, 0.3) is 0 Å². The smallest absolute Gasteiger partial charge is 0.407 e. The molecule has 0 radical (unpaired) electrons. The minimum Gasteiger partial charge on any atom is -0.450 e. The van der Waals surface area contributed by atoms with Crippen molar-refractivity contribution in [2.45, 2.75) is 45.7 Å². The summed E-state index contributed by atoms with van der Waals surface area (Å²) >= 11 is 0. The molecule has 1 aromatic rings. The number of nitrogens with one attached hydrogen (secondary N) is 2. The third-order valence-electron chi connectivity index (χ3n) is 2.89. The van der Waals surface area contributed by atoms with Crippen molar-refractivity contribution in [1.82, 2.24) is 15.6 Å². The number of amides is 2. The van der Waals surface area contributed by atoms with Gasteiger partial charge in [0, 0.05) is 18.7 Å². The van der Waals surface area contributed by atoms with Crippen molar-refractivity contribution in [1.29, 1.82) is 0 Å². The Balaban J connectivity index is 2.51. The fraction of sp³-hybridized carbons (Fsp3) is 0.533. The summed E-state index contributed by atoms with van der Waals surface area (Å²) in [5.41, 5.74) is 0.214. The Hall–Kier alpha value is -2.11. The van der Waals surface area contributed by atoms with Crippen molar-refractivity contribution in [3.8, 4) is 0 Å². The van der Waals surface area contributed by atoms with Gasteiger partial charge in [0.2, 0.25) is 5.91 Å². The van der Waals surface area contributed by atoms with Crippen molar-refractivity contribution < 1.29 is 14.3 Å². The van der Waals surface area contributed by atoms with Crippen LogP contribution in [-0.2, 0) is 15.1 Å². The molecule has 0 saturated heterocycles. The van der Waals surface area contributed by atoms with Gasteiger partial charge in [0.1, 0.15) is 0 Å². The molecule has 0 aliphatic heterocycles. The van der Waals surface area contributed by atoms with E-state index in [2.05, 4.69) is 15.6 Å². The van der Waals surface area contributed by atoms with E-state index in [-0.39, 0.29) is 18.4 Å². The topological polar surface area (TPSA) is 80.3 Å². The Morgan fingerprint density at radius 2 is 2.10 bits per heavy atom. The average Bonchev–Trinajstić information content (AvgIpc) is 2.38. The number of carbonyl (C=O) groups excluding carboxylic acids is 2. The lowest BCUT2D eigenvalue weighted by Gasteiger charge is -2.26. The van der Waals surface area contributed by atoms with E-state index in [9.17, 15) is 9.59 Å². The zero-order valence-corrected chi connectivity index (χ0v) is 13.0. The number of carbonyl (C=O) groups is 2. The molecule has 2 N–H and O–H groups in total. The monoisotopic (exact) mass is 293 g/mol. The number of hydrogen-bond acceptors (Lipinski definition) is 4. The highest BCUT2D eigenvalue weighted by Crippen LogP contribution is 2.17. The third kappa shape index (κ3) is 5.81. The number of aromatic nitrogens is 1. The van der Waals surface area contributed by atoms with Gasteiger partial charge in [0.05, 0.1) is 17.8 Å². The van der Waals surface area contributed by atoms with Crippen LogP contribution in [0.3, 0.4) is 0 Å². The van der Waals surface area contributed by atoms with E-state index in [4.69, 9.17) is 4.74 Å². The molecule has 6 heteroatoms. The molecule has 0 fully saturated rings. The van der Waals surface area contributed by atoms with Gasteiger partial charge in [-0.2, -0.15) is 0 Å². The summed E-state index contributed by atoms with van der Waals surface area (Å²) < 4.78 is 4.77. The van der Waals surface area contributed by atoms with Crippen molar-refractivity contribution in [2.75, 3.05) is 6.61 Å². The molecule has 21 heavy (non-hydrogen) atoms. The molecule has 116 valence electrons. The van der Waals surface area contributed by atoms with E-state index in [1.807, 2.05) is 32.0 Å². The zero-order chi connectivity index (χ0) is 15.9. The van der Waals surface area contributed by atoms with Crippen LogP contribution in [0, 0.1) is 0 Å². The number of hydrogen-bond donors (Lipinski definition) is 2. The summed E-state index contributed by atoms with van der Waals surface area (Å²) in [5, 5.41) is 5.51. The van der Waals surface area contributed by atoms with Gasteiger partial charge in [-0.25, -0.2) is 4.79 Å². The lowest BCUT2D eigenvalue weighted by molar-refractivity contribution is -0.123. The second-order valence-electron chi connectivity index (χ2n) is 5.36. The predicted octanol–water partition coefficient (Wildman–Crippen LogP) is 1.96. The third-order valence-corrected chi connectivity index (χ3v) is 2.89. The predicted molar refractivity (Wildman–Crippen MR) is 79.6 cm³/mol. The van der Waals surface area contributed by atoms with Crippen LogP contribution in [0.1, 0.15) is 39.8 Å². The minimum absolute atomic E-state index is 0.157. The van der Waals surface area contributed by atoms with E-state index in [0.717, 1.165) is 5.69 Å². The average molecular weight is 293 g/mol. The molecule has 0 aliphatic rings. The lowest BCUT2D eigenvalue weighted by Crippen LogP contribution is -2.44. The number of nitrogens with zero attached hydrogens (tertiary/aromatic N) is 1. The van der Waals surface area contributed by atoms with Crippen molar-refractivity contribution >= 4 is 12.0 Å². The summed E-state index contributed by atoms with van der Waals surface area (Å²) in [4.78, 5) is 27.6. The number of ether oxygens (including phenoxy) is 1. The quantitative estimate of drug-likeness (QED) is 0.840. The lowest BCUT2D eigenvalue weighted by atomic mass is 9.99. The summed E-state index contributed by atoms with van der Waals surface area (Å²) in [7, 11) is 0. The molecule has 1 atom stereocenters. The molecule has 1 heterocycles. The van der Waals surface area contributed by atoms with Gasteiger partial charge in [-0.1, -0.05) is 6.07 Å². The Kier molecular flexibility index (Phi) is 6.14. The largest absolute Gasteiger partial charge is 0.450 e. The number of alkyl carbamates (subject to hydrolysis) is 1. The Bertz CT molecular complexity index is 474. The summed E-state index contributed by atoms with van der Waals surface area (Å²) in [6.45, 7) is 7.56. The van der Waals surface area contributed by atoms with Crippen LogP contribution in [0.5, 0.6) is 0 Å². The molecule has 0 saturated carbocycles. The molecule has 0 bridgehead atoms. The summed E-state index contributed by atoms with van der Waals surface area (Å²) in [6, 6.07) is 5.26. The number of pyridine rings is 1. The highest BCUT2D eigenvalue weighted by atomic mass is 16.5. The van der Waals surface area contributed by atoms with Gasteiger partial charge >= 0.3 is 6.09 Å². The molecule has 1 rings (SSSR count). The molecule has 0 aromatic carbocycles. The van der Waals surface area contributed by atoms with E-state index >= 15 is 0 Å². The van der Waals surface area contributed by atoms with Gasteiger partial charge in [-0.15, -0.1) is 0 Å². The SMILES string of the molecule is CCOC(=O)N[C@H](C)CC(=O)NC(C)(C)c1ccccn1. The Morgan fingerprint density at radius 3 is 2.67 bits per heavy atom.